The lowest BCUT2D eigenvalue weighted by Crippen LogP contribution is -2.28. The molecule has 0 fully saturated rings. The van der Waals surface area contributed by atoms with Crippen molar-refractivity contribution in [2.45, 2.75) is 18.1 Å². The molecular weight excluding hydrogens is 248 g/mol. The SMILES string of the molecule is COc1ccccc1[C@H]1CSc2nnc(C)n2N1. The summed E-state index contributed by atoms with van der Waals surface area (Å²) in [7, 11) is 1.70. The molecule has 0 aliphatic carbocycles. The predicted molar refractivity (Wildman–Crippen MR) is 70.6 cm³/mol. The maximum atomic E-state index is 5.41. The van der Waals surface area contributed by atoms with Crippen LogP contribution in [0, 0.1) is 6.92 Å². The summed E-state index contributed by atoms with van der Waals surface area (Å²) < 4.78 is 7.34. The monoisotopic (exact) mass is 262 g/mol. The van der Waals surface area contributed by atoms with Crippen LogP contribution < -0.4 is 10.2 Å². The second kappa shape index (κ2) is 4.53. The van der Waals surface area contributed by atoms with Crippen LogP contribution in [0.25, 0.3) is 0 Å². The molecule has 1 atom stereocenters. The van der Waals surface area contributed by atoms with Gasteiger partial charge in [0.15, 0.2) is 0 Å². The molecule has 0 radical (unpaired) electrons. The van der Waals surface area contributed by atoms with Crippen LogP contribution in [0.15, 0.2) is 29.4 Å². The minimum atomic E-state index is 0.202. The number of nitrogens with zero attached hydrogens (tertiary/aromatic N) is 3. The number of aromatic nitrogens is 3. The zero-order valence-corrected chi connectivity index (χ0v) is 11.1. The topological polar surface area (TPSA) is 52.0 Å². The Bertz CT molecular complexity index is 569. The van der Waals surface area contributed by atoms with Crippen LogP contribution in [0.5, 0.6) is 5.75 Å². The van der Waals surface area contributed by atoms with Gasteiger partial charge < -0.3 is 10.2 Å². The maximum absolute atomic E-state index is 5.41. The maximum Gasteiger partial charge on any atom is 0.210 e. The molecule has 0 spiro atoms. The van der Waals surface area contributed by atoms with Gasteiger partial charge in [0.1, 0.15) is 11.6 Å². The minimum absolute atomic E-state index is 0.202. The van der Waals surface area contributed by atoms with Crippen LogP contribution in [0.2, 0.25) is 0 Å². The van der Waals surface area contributed by atoms with Gasteiger partial charge in [0.25, 0.3) is 0 Å². The molecule has 2 aromatic rings. The van der Waals surface area contributed by atoms with E-state index < -0.39 is 0 Å². The normalized spacial score (nSPS) is 18.0. The molecule has 18 heavy (non-hydrogen) atoms. The van der Waals surface area contributed by atoms with E-state index in [4.69, 9.17) is 4.74 Å². The van der Waals surface area contributed by atoms with E-state index in [0.717, 1.165) is 28.0 Å². The number of rotatable bonds is 2. The van der Waals surface area contributed by atoms with Crippen molar-refractivity contribution >= 4 is 11.8 Å². The van der Waals surface area contributed by atoms with Crippen LogP contribution in [-0.4, -0.2) is 27.7 Å². The Morgan fingerprint density at radius 1 is 1.39 bits per heavy atom. The highest BCUT2D eigenvalue weighted by molar-refractivity contribution is 7.99. The standard InChI is InChI=1S/C12H14N4OS/c1-8-13-14-12-16(8)15-10(7-18-12)9-5-3-4-6-11(9)17-2/h3-6,10,15H,7H2,1-2H3/t10-/m1/s1. The highest BCUT2D eigenvalue weighted by atomic mass is 32.2. The minimum Gasteiger partial charge on any atom is -0.496 e. The second-order valence-electron chi connectivity index (χ2n) is 4.10. The summed E-state index contributed by atoms with van der Waals surface area (Å²) in [4.78, 5) is 0. The average molecular weight is 262 g/mol. The van der Waals surface area contributed by atoms with Gasteiger partial charge in [-0.3, -0.25) is 0 Å². The van der Waals surface area contributed by atoms with Gasteiger partial charge in [-0.2, -0.15) is 0 Å². The van der Waals surface area contributed by atoms with Crippen molar-refractivity contribution in [3.8, 4) is 5.75 Å². The first-order valence-electron chi connectivity index (χ1n) is 5.74. The third-order valence-corrected chi connectivity index (χ3v) is 4.00. The molecule has 1 N–H and O–H groups in total. The molecule has 1 aliphatic rings. The van der Waals surface area contributed by atoms with E-state index in [-0.39, 0.29) is 6.04 Å². The van der Waals surface area contributed by atoms with Crippen LogP contribution in [-0.2, 0) is 0 Å². The number of methoxy groups -OCH3 is 1. The Morgan fingerprint density at radius 2 is 2.22 bits per heavy atom. The van der Waals surface area contributed by atoms with Crippen molar-refractivity contribution in [1.29, 1.82) is 0 Å². The smallest absolute Gasteiger partial charge is 0.210 e. The summed E-state index contributed by atoms with van der Waals surface area (Å²) in [6, 6.07) is 8.28. The summed E-state index contributed by atoms with van der Waals surface area (Å²) in [6.45, 7) is 1.94. The Kier molecular flexibility index (Phi) is 2.87. The van der Waals surface area contributed by atoms with Crippen molar-refractivity contribution in [3.05, 3.63) is 35.7 Å². The summed E-state index contributed by atoms with van der Waals surface area (Å²) in [5.41, 5.74) is 4.59. The Balaban J connectivity index is 1.94. The van der Waals surface area contributed by atoms with Gasteiger partial charge in [-0.05, 0) is 13.0 Å². The van der Waals surface area contributed by atoms with Crippen molar-refractivity contribution in [2.24, 2.45) is 0 Å². The molecule has 1 aromatic carbocycles. The summed E-state index contributed by atoms with van der Waals surface area (Å²) in [5, 5.41) is 9.09. The van der Waals surface area contributed by atoms with Crippen molar-refractivity contribution in [3.63, 3.8) is 0 Å². The zero-order valence-electron chi connectivity index (χ0n) is 10.3. The number of ether oxygens (including phenoxy) is 1. The quantitative estimate of drug-likeness (QED) is 0.897. The Morgan fingerprint density at radius 3 is 3.06 bits per heavy atom. The molecule has 0 saturated carbocycles. The molecule has 6 heteroatoms. The zero-order chi connectivity index (χ0) is 12.5. The van der Waals surface area contributed by atoms with Gasteiger partial charge in [-0.15, -0.1) is 10.2 Å². The van der Waals surface area contributed by atoms with Crippen LogP contribution >= 0.6 is 11.8 Å². The molecule has 0 amide bonds. The van der Waals surface area contributed by atoms with Gasteiger partial charge >= 0.3 is 0 Å². The van der Waals surface area contributed by atoms with Crippen LogP contribution in [0.4, 0.5) is 0 Å². The number of fused-ring (bicyclic) bond motifs is 1. The third-order valence-electron chi connectivity index (χ3n) is 2.97. The van der Waals surface area contributed by atoms with E-state index in [2.05, 4.69) is 21.7 Å². The Hall–Kier alpha value is -1.69. The van der Waals surface area contributed by atoms with E-state index in [1.54, 1.807) is 18.9 Å². The second-order valence-corrected chi connectivity index (χ2v) is 5.09. The molecule has 94 valence electrons. The number of aryl methyl sites for hydroxylation is 1. The van der Waals surface area contributed by atoms with Crippen molar-refractivity contribution in [1.82, 2.24) is 14.9 Å². The Labute approximate surface area is 110 Å². The molecule has 1 aromatic heterocycles. The number of benzene rings is 1. The fourth-order valence-electron chi connectivity index (χ4n) is 2.05. The number of para-hydroxylation sites is 1. The molecule has 1 aliphatic heterocycles. The fraction of sp³-hybridized carbons (Fsp3) is 0.333. The number of thioether (sulfide) groups is 1. The first-order valence-corrected chi connectivity index (χ1v) is 6.72. The molecule has 0 bridgehead atoms. The highest BCUT2D eigenvalue weighted by Crippen LogP contribution is 2.33. The van der Waals surface area contributed by atoms with E-state index in [1.807, 2.05) is 29.8 Å². The number of hydrogen-bond donors (Lipinski definition) is 1. The fourth-order valence-corrected chi connectivity index (χ4v) is 3.03. The van der Waals surface area contributed by atoms with Crippen LogP contribution in [0.1, 0.15) is 17.4 Å². The number of hydrogen-bond acceptors (Lipinski definition) is 5. The first-order chi connectivity index (χ1) is 8.79. The first kappa shape index (κ1) is 11.4. The lowest BCUT2D eigenvalue weighted by Gasteiger charge is -2.27. The van der Waals surface area contributed by atoms with E-state index in [9.17, 15) is 0 Å². The molecule has 0 saturated heterocycles. The third kappa shape index (κ3) is 1.82. The van der Waals surface area contributed by atoms with E-state index in [1.165, 1.54) is 0 Å². The van der Waals surface area contributed by atoms with E-state index >= 15 is 0 Å². The van der Waals surface area contributed by atoms with Crippen molar-refractivity contribution < 1.29 is 4.74 Å². The molecule has 0 unspecified atom stereocenters. The highest BCUT2D eigenvalue weighted by Gasteiger charge is 2.24. The number of nitrogens with one attached hydrogen (secondary N) is 1. The largest absolute Gasteiger partial charge is 0.496 e. The van der Waals surface area contributed by atoms with Crippen molar-refractivity contribution in [2.75, 3.05) is 18.3 Å². The van der Waals surface area contributed by atoms with Gasteiger partial charge in [0.05, 0.1) is 13.2 Å². The van der Waals surface area contributed by atoms with Gasteiger partial charge in [0.2, 0.25) is 5.16 Å². The van der Waals surface area contributed by atoms with Gasteiger partial charge in [-0.25, -0.2) is 4.68 Å². The summed E-state index contributed by atoms with van der Waals surface area (Å²) in [6.07, 6.45) is 0. The molecule has 2 heterocycles. The van der Waals surface area contributed by atoms with E-state index in [0.29, 0.717) is 0 Å². The average Bonchev–Trinajstić information content (AvgIpc) is 2.80. The van der Waals surface area contributed by atoms with Crippen LogP contribution in [0.3, 0.4) is 0 Å². The molecule has 5 nitrogen and oxygen atoms in total. The molecule has 3 rings (SSSR count). The summed E-state index contributed by atoms with van der Waals surface area (Å²) in [5.74, 6) is 2.69. The summed E-state index contributed by atoms with van der Waals surface area (Å²) >= 11 is 1.70. The predicted octanol–water partition coefficient (Wildman–Crippen LogP) is 1.99. The van der Waals surface area contributed by atoms with Gasteiger partial charge in [-0.1, -0.05) is 30.0 Å². The lowest BCUT2D eigenvalue weighted by atomic mass is 10.1. The van der Waals surface area contributed by atoms with Gasteiger partial charge in [0, 0.05) is 11.3 Å². The molecular formula is C12H14N4OS. The lowest BCUT2D eigenvalue weighted by molar-refractivity contribution is 0.406.